The van der Waals surface area contributed by atoms with Crippen LogP contribution in [0.4, 0.5) is 5.82 Å². The number of nitrogens with one attached hydrogen (secondary N) is 1. The number of amides is 1. The molecule has 0 aliphatic carbocycles. The van der Waals surface area contributed by atoms with Crippen molar-refractivity contribution >= 4 is 33.3 Å². The maximum atomic E-state index is 12.9. The summed E-state index contributed by atoms with van der Waals surface area (Å²) < 4.78 is 5.39. The van der Waals surface area contributed by atoms with Crippen LogP contribution in [0.15, 0.2) is 30.6 Å². The highest BCUT2D eigenvalue weighted by atomic mass is 32.1. The van der Waals surface area contributed by atoms with Gasteiger partial charge in [-0.15, -0.1) is 11.3 Å². The second-order valence-corrected chi connectivity index (χ2v) is 9.44. The topological polar surface area (TPSA) is 70.6 Å². The van der Waals surface area contributed by atoms with Gasteiger partial charge >= 0.3 is 0 Å². The summed E-state index contributed by atoms with van der Waals surface area (Å²) in [5.74, 6) is 0.923. The molecule has 3 aromatic rings. The Bertz CT molecular complexity index is 1110. The van der Waals surface area contributed by atoms with Crippen molar-refractivity contribution in [1.29, 1.82) is 0 Å². The van der Waals surface area contributed by atoms with Crippen molar-refractivity contribution < 1.29 is 9.53 Å². The van der Waals surface area contributed by atoms with Gasteiger partial charge in [0.2, 0.25) is 0 Å². The number of morpholine rings is 1. The third-order valence-electron chi connectivity index (χ3n) is 6.38. The third-order valence-corrected chi connectivity index (χ3v) is 7.58. The summed E-state index contributed by atoms with van der Waals surface area (Å²) in [6.45, 7) is 9.00. The number of aromatic nitrogens is 2. The van der Waals surface area contributed by atoms with Gasteiger partial charge in [-0.2, -0.15) is 0 Å². The van der Waals surface area contributed by atoms with Crippen molar-refractivity contribution in [2.75, 3.05) is 50.8 Å². The van der Waals surface area contributed by atoms with Crippen LogP contribution in [0, 0.1) is 6.92 Å². The van der Waals surface area contributed by atoms with Gasteiger partial charge in [0.15, 0.2) is 0 Å². The molecule has 0 radical (unpaired) electrons. The number of hydrogen-bond acceptors (Lipinski definition) is 7. The van der Waals surface area contributed by atoms with E-state index < -0.39 is 0 Å². The number of thiophene rings is 1. The summed E-state index contributed by atoms with van der Waals surface area (Å²) in [5, 5.41) is 4.11. The van der Waals surface area contributed by atoms with Crippen LogP contribution in [0.3, 0.4) is 0 Å². The molecule has 2 aliphatic heterocycles. The number of carbonyl (C=O) groups excluding carboxylic acids is 1. The van der Waals surface area contributed by atoms with Crippen LogP contribution in [0.2, 0.25) is 0 Å². The summed E-state index contributed by atoms with van der Waals surface area (Å²) in [6, 6.07) is 8.59. The van der Waals surface area contributed by atoms with E-state index in [9.17, 15) is 4.79 Å². The van der Waals surface area contributed by atoms with Crippen LogP contribution in [0.1, 0.15) is 32.8 Å². The summed E-state index contributed by atoms with van der Waals surface area (Å²) in [4.78, 5) is 28.4. The quantitative estimate of drug-likeness (QED) is 0.581. The fourth-order valence-electron chi connectivity index (χ4n) is 4.60. The molecular formula is C24H29N5O2S. The number of nitrogens with zero attached hydrogens (tertiary/aromatic N) is 4. The van der Waals surface area contributed by atoms with Gasteiger partial charge < -0.3 is 15.0 Å². The smallest absolute Gasteiger partial charge is 0.261 e. The second-order valence-electron chi connectivity index (χ2n) is 8.44. The van der Waals surface area contributed by atoms with E-state index in [-0.39, 0.29) is 5.91 Å². The SMILES string of the molecule is Cc1c(C(=O)NCCCN2CCOCC2)sc2ncnc(N3CCc4ccccc4C3)c12. The summed E-state index contributed by atoms with van der Waals surface area (Å²) >= 11 is 1.47. The number of rotatable bonds is 6. The third kappa shape index (κ3) is 4.35. The zero-order valence-corrected chi connectivity index (χ0v) is 19.3. The minimum Gasteiger partial charge on any atom is -0.379 e. The Kier molecular flexibility index (Phi) is 6.34. The molecule has 4 heterocycles. The second kappa shape index (κ2) is 9.52. The van der Waals surface area contributed by atoms with Crippen molar-refractivity contribution in [3.63, 3.8) is 0 Å². The van der Waals surface area contributed by atoms with Gasteiger partial charge in [0.05, 0.1) is 23.5 Å². The van der Waals surface area contributed by atoms with Crippen molar-refractivity contribution in [2.45, 2.75) is 26.3 Å². The first-order valence-corrected chi connectivity index (χ1v) is 12.2. The Morgan fingerprint density at radius 2 is 1.97 bits per heavy atom. The molecule has 0 saturated carbocycles. The lowest BCUT2D eigenvalue weighted by atomic mass is 9.99. The number of ether oxygens (including phenoxy) is 1. The Labute approximate surface area is 192 Å². The van der Waals surface area contributed by atoms with Gasteiger partial charge in [-0.05, 0) is 43.0 Å². The van der Waals surface area contributed by atoms with Crippen LogP contribution < -0.4 is 10.2 Å². The van der Waals surface area contributed by atoms with Crippen molar-refractivity contribution in [2.24, 2.45) is 0 Å². The zero-order chi connectivity index (χ0) is 21.9. The predicted octanol–water partition coefficient (Wildman–Crippen LogP) is 3.01. The number of aryl methyl sites for hydroxylation is 1. The Hall–Kier alpha value is -2.55. The van der Waals surface area contributed by atoms with Gasteiger partial charge in [0, 0.05) is 32.7 Å². The van der Waals surface area contributed by atoms with Crippen LogP contribution in [-0.2, 0) is 17.7 Å². The maximum Gasteiger partial charge on any atom is 0.261 e. The molecule has 8 heteroatoms. The van der Waals surface area contributed by atoms with Gasteiger partial charge in [-0.25, -0.2) is 9.97 Å². The molecule has 1 N–H and O–H groups in total. The van der Waals surface area contributed by atoms with Crippen LogP contribution in [0.25, 0.3) is 10.2 Å². The van der Waals surface area contributed by atoms with Crippen LogP contribution >= 0.6 is 11.3 Å². The van der Waals surface area contributed by atoms with E-state index in [1.165, 1.54) is 22.5 Å². The summed E-state index contributed by atoms with van der Waals surface area (Å²) in [5.41, 5.74) is 3.73. The lowest BCUT2D eigenvalue weighted by molar-refractivity contribution is 0.0374. The monoisotopic (exact) mass is 451 g/mol. The predicted molar refractivity (Wildman–Crippen MR) is 128 cm³/mol. The summed E-state index contributed by atoms with van der Waals surface area (Å²) in [6.07, 6.45) is 3.56. The van der Waals surface area contributed by atoms with Crippen LogP contribution in [0.5, 0.6) is 0 Å². The number of carbonyl (C=O) groups is 1. The Morgan fingerprint density at radius 1 is 1.16 bits per heavy atom. The first-order valence-electron chi connectivity index (χ1n) is 11.3. The van der Waals surface area contributed by atoms with E-state index in [1.807, 2.05) is 6.92 Å². The van der Waals surface area contributed by atoms with Gasteiger partial charge in [0.1, 0.15) is 17.0 Å². The minimum atomic E-state index is -0.0117. The van der Waals surface area contributed by atoms with Crippen molar-refractivity contribution in [3.05, 3.63) is 52.2 Å². The molecule has 1 amide bonds. The molecule has 0 spiro atoms. The molecule has 1 saturated heterocycles. The van der Waals surface area contributed by atoms with E-state index >= 15 is 0 Å². The fourth-order valence-corrected chi connectivity index (χ4v) is 5.66. The minimum absolute atomic E-state index is 0.0117. The highest BCUT2D eigenvalue weighted by Crippen LogP contribution is 2.36. The van der Waals surface area contributed by atoms with E-state index in [2.05, 4.69) is 49.4 Å². The molecule has 2 aliphatic rings. The fraction of sp³-hybridized carbons (Fsp3) is 0.458. The average Bonchev–Trinajstić information content (AvgIpc) is 3.19. The molecular weight excluding hydrogens is 422 g/mol. The Balaban J connectivity index is 1.29. The van der Waals surface area contributed by atoms with Crippen LogP contribution in [-0.4, -0.2) is 66.7 Å². The molecule has 2 aromatic heterocycles. The molecule has 1 aromatic carbocycles. The number of anilines is 1. The van der Waals surface area contributed by atoms with Gasteiger partial charge in [-0.3, -0.25) is 9.69 Å². The van der Waals surface area contributed by atoms with E-state index in [0.717, 1.165) is 85.3 Å². The number of fused-ring (bicyclic) bond motifs is 2. The molecule has 0 unspecified atom stereocenters. The van der Waals surface area contributed by atoms with Gasteiger partial charge in [0.25, 0.3) is 5.91 Å². The molecule has 0 atom stereocenters. The largest absolute Gasteiger partial charge is 0.379 e. The van der Waals surface area contributed by atoms with Crippen molar-refractivity contribution in [1.82, 2.24) is 20.2 Å². The molecule has 32 heavy (non-hydrogen) atoms. The normalized spacial score (nSPS) is 16.8. The van der Waals surface area contributed by atoms with E-state index in [1.54, 1.807) is 6.33 Å². The highest BCUT2D eigenvalue weighted by Gasteiger charge is 2.24. The molecule has 1 fully saturated rings. The van der Waals surface area contributed by atoms with Gasteiger partial charge in [-0.1, -0.05) is 24.3 Å². The molecule has 5 rings (SSSR count). The lowest BCUT2D eigenvalue weighted by Crippen LogP contribution is -2.38. The first-order chi connectivity index (χ1) is 15.7. The lowest BCUT2D eigenvalue weighted by Gasteiger charge is -2.30. The maximum absolute atomic E-state index is 12.9. The first kappa shape index (κ1) is 21.3. The number of hydrogen-bond donors (Lipinski definition) is 1. The summed E-state index contributed by atoms with van der Waals surface area (Å²) in [7, 11) is 0. The average molecular weight is 452 g/mol. The zero-order valence-electron chi connectivity index (χ0n) is 18.5. The number of benzene rings is 1. The molecule has 7 nitrogen and oxygen atoms in total. The highest BCUT2D eigenvalue weighted by molar-refractivity contribution is 7.20. The van der Waals surface area contributed by atoms with Crippen molar-refractivity contribution in [3.8, 4) is 0 Å². The molecule has 0 bridgehead atoms. The molecule has 168 valence electrons. The Morgan fingerprint density at radius 3 is 2.81 bits per heavy atom. The van der Waals surface area contributed by atoms with E-state index in [4.69, 9.17) is 4.74 Å². The van der Waals surface area contributed by atoms with E-state index in [0.29, 0.717) is 6.54 Å². The standard InChI is InChI=1S/C24H29N5O2S/c1-17-20-22(29-10-7-18-5-2-3-6-19(18)15-29)26-16-27-24(20)32-21(17)23(30)25-8-4-9-28-11-13-31-14-12-28/h2-3,5-6,16H,4,7-15H2,1H3,(H,25,30).